The molecule has 3 atom stereocenters. The Balaban J connectivity index is 1.13. The fraction of sp³-hybridized carbons (Fsp3) is 0.429. The summed E-state index contributed by atoms with van der Waals surface area (Å²) in [5, 5.41) is 1.58. The number of likely N-dealkylation sites (tertiary alicyclic amines) is 2. The highest BCUT2D eigenvalue weighted by Gasteiger charge is 2.38. The number of aryl methyl sites for hydroxylation is 1. The number of sulfonamides is 1. The van der Waals surface area contributed by atoms with Gasteiger partial charge < -0.3 is 14.4 Å². The van der Waals surface area contributed by atoms with E-state index >= 15 is 0 Å². The molecule has 2 bridgehead atoms. The number of nitrogens with zero attached hydrogens (tertiary/aromatic N) is 4. The maximum atomic E-state index is 13.3. The quantitative estimate of drug-likeness (QED) is 0.516. The fourth-order valence-corrected chi connectivity index (χ4v) is 7.48. The first-order chi connectivity index (χ1) is 18.7. The Bertz CT molecular complexity index is 1630. The van der Waals surface area contributed by atoms with Crippen LogP contribution in [0.4, 0.5) is 0 Å². The summed E-state index contributed by atoms with van der Waals surface area (Å²) in [5.74, 6) is -0.248. The van der Waals surface area contributed by atoms with E-state index in [0.29, 0.717) is 44.4 Å². The van der Waals surface area contributed by atoms with Crippen molar-refractivity contribution in [2.24, 2.45) is 5.92 Å². The molecule has 2 aromatic heterocycles. The number of rotatable bonds is 5. The summed E-state index contributed by atoms with van der Waals surface area (Å²) in [5.41, 5.74) is 1.79. The average molecular weight is 550 g/mol. The summed E-state index contributed by atoms with van der Waals surface area (Å²) in [7, 11) is -3.96. The minimum atomic E-state index is -3.96. The molecule has 3 aromatic rings. The summed E-state index contributed by atoms with van der Waals surface area (Å²) in [6, 6.07) is 11.0. The van der Waals surface area contributed by atoms with Crippen molar-refractivity contribution >= 4 is 32.6 Å². The number of hydrogen-bond donors (Lipinski definition) is 1. The lowest BCUT2D eigenvalue weighted by Crippen LogP contribution is -2.56. The van der Waals surface area contributed by atoms with Crippen molar-refractivity contribution in [2.75, 3.05) is 26.2 Å². The van der Waals surface area contributed by atoms with Crippen LogP contribution in [0.15, 0.2) is 58.4 Å². The van der Waals surface area contributed by atoms with Crippen molar-refractivity contribution in [3.63, 3.8) is 0 Å². The van der Waals surface area contributed by atoms with E-state index in [-0.39, 0.29) is 40.6 Å². The second-order valence-electron chi connectivity index (χ2n) is 10.9. The van der Waals surface area contributed by atoms with Gasteiger partial charge in [-0.1, -0.05) is 12.1 Å². The minimum absolute atomic E-state index is 0.00941. The topological polar surface area (TPSA) is 122 Å². The maximum Gasteiger partial charge on any atom is 0.250 e. The van der Waals surface area contributed by atoms with Crippen LogP contribution in [0, 0.1) is 12.8 Å². The molecule has 0 unspecified atom stereocenters. The molecule has 204 valence electrons. The molecular weight excluding hydrogens is 518 g/mol. The normalized spacial score (nSPS) is 23.1. The zero-order chi connectivity index (χ0) is 27.3. The highest BCUT2D eigenvalue weighted by molar-refractivity contribution is 7.89. The van der Waals surface area contributed by atoms with Crippen LogP contribution in [-0.4, -0.2) is 71.8 Å². The van der Waals surface area contributed by atoms with Gasteiger partial charge in [0, 0.05) is 61.1 Å². The number of benzene rings is 1. The largest absolute Gasteiger partial charge is 0.340 e. The SMILES string of the molecule is Cc1cc2ccc(S(=O)(=O)N[C@H]3CCCN(CC(=O)N4C[C@H]5C[C@@H](C4)c4cccc(=O)n4C5)C3=O)cc2cn1. The lowest BCUT2D eigenvalue weighted by atomic mass is 9.83. The second kappa shape index (κ2) is 9.87. The Morgan fingerprint density at radius 1 is 1.08 bits per heavy atom. The van der Waals surface area contributed by atoms with Gasteiger partial charge >= 0.3 is 0 Å². The van der Waals surface area contributed by atoms with Gasteiger partial charge in [-0.15, -0.1) is 0 Å². The third kappa shape index (κ3) is 4.96. The molecule has 6 rings (SSSR count). The highest BCUT2D eigenvalue weighted by atomic mass is 32.2. The lowest BCUT2D eigenvalue weighted by Gasteiger charge is -2.43. The van der Waals surface area contributed by atoms with E-state index in [9.17, 15) is 22.8 Å². The van der Waals surface area contributed by atoms with Crippen molar-refractivity contribution in [3.05, 3.63) is 70.4 Å². The maximum absolute atomic E-state index is 13.3. The molecule has 3 aliphatic heterocycles. The molecule has 1 N–H and O–H groups in total. The second-order valence-corrected chi connectivity index (χ2v) is 12.6. The van der Waals surface area contributed by atoms with Crippen LogP contribution in [0.1, 0.15) is 36.6 Å². The van der Waals surface area contributed by atoms with Crippen molar-refractivity contribution < 1.29 is 18.0 Å². The van der Waals surface area contributed by atoms with Crippen molar-refractivity contribution in [3.8, 4) is 0 Å². The third-order valence-corrected chi connectivity index (χ3v) is 9.60. The summed E-state index contributed by atoms with van der Waals surface area (Å²) in [6.45, 7) is 3.83. The molecular formula is C28H31N5O5S. The number of piperidine rings is 2. The first-order valence-electron chi connectivity index (χ1n) is 13.3. The Morgan fingerprint density at radius 3 is 2.77 bits per heavy atom. The average Bonchev–Trinajstić information content (AvgIpc) is 2.91. The van der Waals surface area contributed by atoms with Gasteiger partial charge in [-0.3, -0.25) is 19.4 Å². The molecule has 10 nitrogen and oxygen atoms in total. The van der Waals surface area contributed by atoms with E-state index in [0.717, 1.165) is 23.2 Å². The number of carbonyl (C=O) groups excluding carboxylic acids is 2. The van der Waals surface area contributed by atoms with E-state index in [1.807, 2.05) is 23.6 Å². The molecule has 0 aliphatic carbocycles. The molecule has 0 spiro atoms. The van der Waals surface area contributed by atoms with Crippen LogP contribution in [-0.2, 0) is 26.2 Å². The van der Waals surface area contributed by atoms with Crippen LogP contribution in [0.3, 0.4) is 0 Å². The molecule has 39 heavy (non-hydrogen) atoms. The van der Waals surface area contributed by atoms with Crippen molar-refractivity contribution in [2.45, 2.75) is 49.6 Å². The lowest BCUT2D eigenvalue weighted by molar-refractivity contribution is -0.144. The number of aromatic nitrogens is 2. The number of fused-ring (bicyclic) bond motifs is 5. The minimum Gasteiger partial charge on any atom is -0.340 e. The number of nitrogens with one attached hydrogen (secondary N) is 1. The molecule has 11 heteroatoms. The Morgan fingerprint density at radius 2 is 1.92 bits per heavy atom. The first kappa shape index (κ1) is 25.7. The third-order valence-electron chi connectivity index (χ3n) is 8.13. The fourth-order valence-electron chi connectivity index (χ4n) is 6.22. The van der Waals surface area contributed by atoms with Crippen LogP contribution >= 0.6 is 0 Å². The van der Waals surface area contributed by atoms with E-state index in [4.69, 9.17) is 0 Å². The van der Waals surface area contributed by atoms with Gasteiger partial charge in [0.05, 0.1) is 11.4 Å². The van der Waals surface area contributed by atoms with Crippen molar-refractivity contribution in [1.82, 2.24) is 24.1 Å². The standard InChI is InChI=1S/C28H31N5O5S/c1-18-10-20-7-8-23(12-21(20)13-29-18)39(37,38)30-24-4-3-9-31(28(24)36)17-27(35)32-14-19-11-22(16-32)25-5-2-6-26(34)33(25)15-19/h2,5-8,10,12-13,19,22,24,30H,3-4,9,11,14-17H2,1H3/t19-,22+,24+/m1/s1. The van der Waals surface area contributed by atoms with Gasteiger partial charge in [0.2, 0.25) is 21.8 Å². The summed E-state index contributed by atoms with van der Waals surface area (Å²) in [6.07, 6.45) is 3.53. The van der Waals surface area contributed by atoms with Gasteiger partial charge in [-0.2, -0.15) is 4.72 Å². The zero-order valence-electron chi connectivity index (χ0n) is 21.7. The molecule has 2 fully saturated rings. The van der Waals surface area contributed by atoms with E-state index in [1.54, 1.807) is 35.4 Å². The molecule has 1 aromatic carbocycles. The van der Waals surface area contributed by atoms with Crippen LogP contribution in [0.2, 0.25) is 0 Å². The molecule has 0 radical (unpaired) electrons. The van der Waals surface area contributed by atoms with E-state index in [2.05, 4.69) is 9.71 Å². The Labute approximate surface area is 226 Å². The zero-order valence-corrected chi connectivity index (χ0v) is 22.6. The first-order valence-corrected chi connectivity index (χ1v) is 14.8. The van der Waals surface area contributed by atoms with Gasteiger partial charge in [0.15, 0.2) is 0 Å². The predicted molar refractivity (Wildman–Crippen MR) is 145 cm³/mol. The predicted octanol–water partition coefficient (Wildman–Crippen LogP) is 1.62. The number of hydrogen-bond acceptors (Lipinski definition) is 6. The summed E-state index contributed by atoms with van der Waals surface area (Å²) in [4.78, 5) is 46.4. The van der Waals surface area contributed by atoms with Gasteiger partial charge in [0.1, 0.15) is 6.04 Å². The van der Waals surface area contributed by atoms with Gasteiger partial charge in [-0.05, 0) is 61.8 Å². The van der Waals surface area contributed by atoms with Gasteiger partial charge in [-0.25, -0.2) is 8.42 Å². The van der Waals surface area contributed by atoms with Crippen LogP contribution < -0.4 is 10.3 Å². The number of amides is 2. The Hall–Kier alpha value is -3.57. The number of carbonyl (C=O) groups is 2. The molecule has 5 heterocycles. The van der Waals surface area contributed by atoms with Crippen molar-refractivity contribution in [1.29, 1.82) is 0 Å². The monoisotopic (exact) mass is 549 g/mol. The summed E-state index contributed by atoms with van der Waals surface area (Å²) < 4.78 is 30.7. The highest BCUT2D eigenvalue weighted by Crippen LogP contribution is 2.35. The summed E-state index contributed by atoms with van der Waals surface area (Å²) >= 11 is 0. The molecule has 0 saturated carbocycles. The Kier molecular flexibility index (Phi) is 6.50. The van der Waals surface area contributed by atoms with E-state index < -0.39 is 16.1 Å². The van der Waals surface area contributed by atoms with Crippen LogP contribution in [0.5, 0.6) is 0 Å². The molecule has 3 aliphatic rings. The van der Waals surface area contributed by atoms with Gasteiger partial charge in [0.25, 0.3) is 5.56 Å². The molecule has 2 amide bonds. The van der Waals surface area contributed by atoms with E-state index in [1.165, 1.54) is 11.0 Å². The molecule has 2 saturated heterocycles. The smallest absolute Gasteiger partial charge is 0.250 e. The van der Waals surface area contributed by atoms with Crippen LogP contribution in [0.25, 0.3) is 10.8 Å². The number of pyridine rings is 2.